The molecule has 2 rings (SSSR count). The molecule has 0 amide bonds. The Balaban J connectivity index is 2.13. The number of hydrogen-bond donors (Lipinski definition) is 0. The molecule has 2 nitrogen and oxygen atoms in total. The van der Waals surface area contributed by atoms with Crippen LogP contribution in [0.15, 0.2) is 10.2 Å². The third-order valence-corrected chi connectivity index (χ3v) is 2.24. The second kappa shape index (κ2) is 1.30. The van der Waals surface area contributed by atoms with E-state index in [4.69, 9.17) is 0 Å². The van der Waals surface area contributed by atoms with Crippen molar-refractivity contribution in [2.24, 2.45) is 10.2 Å². The number of rotatable bonds is 0. The Hall–Kier alpha value is -0.400. The molecule has 2 heteroatoms. The summed E-state index contributed by atoms with van der Waals surface area (Å²) in [6, 6.07) is 0. The van der Waals surface area contributed by atoms with Crippen LogP contribution in [0.25, 0.3) is 0 Å². The van der Waals surface area contributed by atoms with Gasteiger partial charge in [-0.3, -0.25) is 0 Å². The van der Waals surface area contributed by atoms with Crippen molar-refractivity contribution >= 4 is 0 Å². The summed E-state index contributed by atoms with van der Waals surface area (Å²) in [7, 11) is 0. The predicted octanol–water partition coefficient (Wildman–Crippen LogP) is 1.77. The number of nitrogens with zero attached hydrogens (tertiary/aromatic N) is 2. The Kier molecular flexibility index (Phi) is 0.729. The van der Waals surface area contributed by atoms with Gasteiger partial charge in [-0.1, -0.05) is 0 Å². The molecule has 1 spiro atoms. The summed E-state index contributed by atoms with van der Waals surface area (Å²) in [5, 5.41) is 8.18. The fraction of sp³-hybridized carbons (Fsp3) is 1.00. The Morgan fingerprint density at radius 3 is 2.25 bits per heavy atom. The maximum absolute atomic E-state index is 4.20. The predicted molar refractivity (Wildman–Crippen MR) is 30.9 cm³/mol. The molecule has 1 aliphatic carbocycles. The summed E-state index contributed by atoms with van der Waals surface area (Å²) in [4.78, 5) is 0. The normalized spacial score (nSPS) is 31.0. The first-order valence-corrected chi connectivity index (χ1v) is 3.30. The summed E-state index contributed by atoms with van der Waals surface area (Å²) < 4.78 is 0. The van der Waals surface area contributed by atoms with Gasteiger partial charge in [-0.2, -0.15) is 10.2 Å². The van der Waals surface area contributed by atoms with Gasteiger partial charge in [0, 0.05) is 0 Å². The van der Waals surface area contributed by atoms with Crippen LogP contribution >= 0.6 is 0 Å². The maximum Gasteiger partial charge on any atom is 0.0834 e. The van der Waals surface area contributed by atoms with E-state index in [1.807, 2.05) is 0 Å². The van der Waals surface area contributed by atoms with E-state index in [9.17, 15) is 0 Å². The van der Waals surface area contributed by atoms with E-state index in [2.05, 4.69) is 10.2 Å². The van der Waals surface area contributed by atoms with Gasteiger partial charge in [0.25, 0.3) is 0 Å². The molecule has 44 valence electrons. The summed E-state index contributed by atoms with van der Waals surface area (Å²) >= 11 is 0. The maximum atomic E-state index is 4.20. The van der Waals surface area contributed by atoms with Gasteiger partial charge >= 0.3 is 0 Å². The van der Waals surface area contributed by atoms with Crippen molar-refractivity contribution in [2.45, 2.75) is 31.2 Å². The van der Waals surface area contributed by atoms with Gasteiger partial charge in [-0.15, -0.1) is 0 Å². The van der Waals surface area contributed by atoms with Crippen molar-refractivity contribution in [1.29, 1.82) is 0 Å². The second-order valence-electron chi connectivity index (χ2n) is 2.79. The smallest absolute Gasteiger partial charge is 0.0834 e. The first kappa shape index (κ1) is 4.48. The third kappa shape index (κ3) is 0.430. The topological polar surface area (TPSA) is 24.7 Å². The van der Waals surface area contributed by atoms with Crippen molar-refractivity contribution in [1.82, 2.24) is 0 Å². The van der Waals surface area contributed by atoms with Crippen LogP contribution in [0.4, 0.5) is 0 Å². The highest BCUT2D eigenvalue weighted by Crippen LogP contribution is 2.41. The summed E-state index contributed by atoms with van der Waals surface area (Å²) in [5.74, 6) is 0. The molecule has 1 aliphatic heterocycles. The Bertz CT molecular complexity index is 124. The van der Waals surface area contributed by atoms with E-state index in [1.165, 1.54) is 25.7 Å². The van der Waals surface area contributed by atoms with Crippen LogP contribution in [-0.4, -0.2) is 12.1 Å². The molecule has 2 aliphatic rings. The molecule has 0 unspecified atom stereocenters. The molecule has 0 atom stereocenters. The van der Waals surface area contributed by atoms with Gasteiger partial charge in [0.05, 0.1) is 12.1 Å². The van der Waals surface area contributed by atoms with E-state index < -0.39 is 0 Å². The second-order valence-corrected chi connectivity index (χ2v) is 2.79. The lowest BCUT2D eigenvalue weighted by molar-refractivity contribution is 0.254. The minimum atomic E-state index is 0.375. The van der Waals surface area contributed by atoms with Gasteiger partial charge in [0.2, 0.25) is 0 Å². The molecule has 1 saturated carbocycles. The van der Waals surface area contributed by atoms with Gasteiger partial charge in [-0.05, 0) is 25.7 Å². The zero-order chi connectivity index (χ0) is 5.45. The van der Waals surface area contributed by atoms with Crippen molar-refractivity contribution in [2.75, 3.05) is 6.54 Å². The monoisotopic (exact) mass is 110 g/mol. The largest absolute Gasteiger partial charge is 0.194 e. The van der Waals surface area contributed by atoms with E-state index in [0.717, 1.165) is 6.54 Å². The molecule has 0 bridgehead atoms. The lowest BCUT2D eigenvalue weighted by atomic mass is 9.76. The SMILES string of the molecule is C1CC2(C1)CCN=N2. The quantitative estimate of drug-likeness (QED) is 0.454. The van der Waals surface area contributed by atoms with Crippen molar-refractivity contribution in [3.05, 3.63) is 0 Å². The molecule has 0 aromatic heterocycles. The molecule has 0 radical (unpaired) electrons. The van der Waals surface area contributed by atoms with Gasteiger partial charge in [-0.25, -0.2) is 0 Å². The molecular formula is C6H10N2. The van der Waals surface area contributed by atoms with Crippen LogP contribution in [0.2, 0.25) is 0 Å². The number of hydrogen-bond acceptors (Lipinski definition) is 2. The number of azo groups is 1. The van der Waals surface area contributed by atoms with E-state index in [1.54, 1.807) is 0 Å². The van der Waals surface area contributed by atoms with Crippen LogP contribution < -0.4 is 0 Å². The highest BCUT2D eigenvalue weighted by atomic mass is 15.2. The average Bonchev–Trinajstić information content (AvgIpc) is 2.07. The van der Waals surface area contributed by atoms with Crippen molar-refractivity contribution in [3.63, 3.8) is 0 Å². The fourth-order valence-electron chi connectivity index (χ4n) is 1.44. The van der Waals surface area contributed by atoms with E-state index >= 15 is 0 Å². The van der Waals surface area contributed by atoms with Crippen molar-refractivity contribution < 1.29 is 0 Å². The molecule has 0 N–H and O–H groups in total. The highest BCUT2D eigenvalue weighted by molar-refractivity contribution is 4.97. The minimum absolute atomic E-state index is 0.375. The van der Waals surface area contributed by atoms with E-state index in [0.29, 0.717) is 5.54 Å². The third-order valence-electron chi connectivity index (χ3n) is 2.24. The first-order valence-electron chi connectivity index (χ1n) is 3.30. The minimum Gasteiger partial charge on any atom is -0.194 e. The lowest BCUT2D eigenvalue weighted by Crippen LogP contribution is -2.32. The summed E-state index contributed by atoms with van der Waals surface area (Å²) in [6.45, 7) is 0.986. The fourth-order valence-corrected chi connectivity index (χ4v) is 1.44. The highest BCUT2D eigenvalue weighted by Gasteiger charge is 2.38. The molecule has 1 fully saturated rings. The van der Waals surface area contributed by atoms with Crippen LogP contribution in [0.3, 0.4) is 0 Å². The van der Waals surface area contributed by atoms with E-state index in [-0.39, 0.29) is 0 Å². The van der Waals surface area contributed by atoms with Gasteiger partial charge < -0.3 is 0 Å². The van der Waals surface area contributed by atoms with Crippen LogP contribution in [-0.2, 0) is 0 Å². The molecule has 0 aromatic carbocycles. The summed E-state index contributed by atoms with van der Waals surface area (Å²) in [6.07, 6.45) is 5.21. The van der Waals surface area contributed by atoms with Crippen molar-refractivity contribution in [3.8, 4) is 0 Å². The Morgan fingerprint density at radius 1 is 1.12 bits per heavy atom. The van der Waals surface area contributed by atoms with Gasteiger partial charge in [0.15, 0.2) is 0 Å². The Morgan fingerprint density at radius 2 is 2.00 bits per heavy atom. The molecule has 0 aromatic rings. The van der Waals surface area contributed by atoms with Crippen LogP contribution in [0.5, 0.6) is 0 Å². The molecule has 0 saturated heterocycles. The zero-order valence-corrected chi connectivity index (χ0v) is 4.93. The molecule has 8 heavy (non-hydrogen) atoms. The van der Waals surface area contributed by atoms with Crippen LogP contribution in [0.1, 0.15) is 25.7 Å². The molecule has 1 heterocycles. The average molecular weight is 110 g/mol. The van der Waals surface area contributed by atoms with Gasteiger partial charge in [0.1, 0.15) is 0 Å². The standard InChI is InChI=1S/C6H10N2/c1-2-6(3-1)4-5-7-8-6/h1-5H2. The first-order chi connectivity index (χ1) is 3.91. The Labute approximate surface area is 49.0 Å². The lowest BCUT2D eigenvalue weighted by Gasteiger charge is -2.32. The molecular weight excluding hydrogens is 100 g/mol. The summed E-state index contributed by atoms with van der Waals surface area (Å²) in [5.41, 5.74) is 0.375. The van der Waals surface area contributed by atoms with Crippen LogP contribution in [0, 0.1) is 0 Å². The zero-order valence-electron chi connectivity index (χ0n) is 4.93.